The molecular formula is C25H24F3N3O4. The highest BCUT2D eigenvalue weighted by molar-refractivity contribution is 6.48. The fourth-order valence-corrected chi connectivity index (χ4v) is 4.17. The number of carbonyl (C=O) groups is 3. The maximum absolute atomic E-state index is 13.0. The molecule has 7 nitrogen and oxygen atoms in total. The Kier molecular flexibility index (Phi) is 7.09. The number of ether oxygens (including phenoxy) is 1. The molecule has 1 fully saturated rings. The lowest BCUT2D eigenvalue weighted by Crippen LogP contribution is -2.34. The predicted molar refractivity (Wildman–Crippen MR) is 123 cm³/mol. The van der Waals surface area contributed by atoms with E-state index in [0.29, 0.717) is 24.0 Å². The molecule has 1 N–H and O–H groups in total. The number of fused-ring (bicyclic) bond motifs is 1. The van der Waals surface area contributed by atoms with Gasteiger partial charge in [-0.1, -0.05) is 31.0 Å². The van der Waals surface area contributed by atoms with Crippen LogP contribution in [0.2, 0.25) is 0 Å². The minimum Gasteiger partial charge on any atom is -0.406 e. The molecule has 10 heteroatoms. The third kappa shape index (κ3) is 6.00. The van der Waals surface area contributed by atoms with Crippen molar-refractivity contribution in [3.8, 4) is 5.75 Å². The number of carbonyl (C=O) groups excluding carboxylic acids is 3. The van der Waals surface area contributed by atoms with Crippen molar-refractivity contribution in [2.75, 3.05) is 18.4 Å². The van der Waals surface area contributed by atoms with Crippen molar-refractivity contribution in [2.24, 2.45) is 0 Å². The van der Waals surface area contributed by atoms with Crippen LogP contribution in [0, 0.1) is 0 Å². The average Bonchev–Trinajstić information content (AvgIpc) is 2.98. The maximum atomic E-state index is 13.0. The number of aromatic nitrogens is 1. The molecule has 0 spiro atoms. The third-order valence-electron chi connectivity index (χ3n) is 5.85. The van der Waals surface area contributed by atoms with Gasteiger partial charge in [0.25, 0.3) is 11.7 Å². The minimum absolute atomic E-state index is 0.0442. The van der Waals surface area contributed by atoms with Crippen molar-refractivity contribution in [3.05, 3.63) is 60.3 Å². The number of alkyl halides is 3. The van der Waals surface area contributed by atoms with Gasteiger partial charge in [0.15, 0.2) is 0 Å². The first-order chi connectivity index (χ1) is 16.7. The molecule has 0 atom stereocenters. The van der Waals surface area contributed by atoms with Gasteiger partial charge >= 0.3 is 6.36 Å². The van der Waals surface area contributed by atoms with E-state index in [0.717, 1.165) is 37.8 Å². The standard InChI is InChI=1S/C25H24F3N3O4/c26-25(27,28)35-18-11-9-17(10-12-18)29-24(34)23(33)20-15-31(21-8-4-3-7-19(20)21)16-22(32)30-13-5-1-2-6-14-30/h3-4,7-12,15H,1-2,5-6,13-14,16H2,(H,29,34). The van der Waals surface area contributed by atoms with Gasteiger partial charge in [0, 0.05) is 35.9 Å². The maximum Gasteiger partial charge on any atom is 0.573 e. The van der Waals surface area contributed by atoms with E-state index < -0.39 is 23.8 Å². The smallest absolute Gasteiger partial charge is 0.406 e. The second kappa shape index (κ2) is 10.2. The Bertz CT molecular complexity index is 1230. The van der Waals surface area contributed by atoms with Gasteiger partial charge in [-0.15, -0.1) is 13.2 Å². The highest BCUT2D eigenvalue weighted by Gasteiger charge is 2.31. The number of benzene rings is 2. The number of rotatable bonds is 6. The van der Waals surface area contributed by atoms with Gasteiger partial charge in [0.2, 0.25) is 5.91 Å². The van der Waals surface area contributed by atoms with E-state index in [1.807, 2.05) is 4.90 Å². The molecule has 4 rings (SSSR count). The summed E-state index contributed by atoms with van der Waals surface area (Å²) in [5.74, 6) is -2.26. The first-order valence-electron chi connectivity index (χ1n) is 11.3. The van der Waals surface area contributed by atoms with E-state index in [4.69, 9.17) is 0 Å². The summed E-state index contributed by atoms with van der Waals surface area (Å²) in [7, 11) is 0. The second-order valence-corrected chi connectivity index (χ2v) is 8.34. The van der Waals surface area contributed by atoms with Crippen LogP contribution in [0.25, 0.3) is 10.9 Å². The van der Waals surface area contributed by atoms with Gasteiger partial charge in [0.1, 0.15) is 12.3 Å². The first kappa shape index (κ1) is 24.3. The quantitative estimate of drug-likeness (QED) is 0.402. The van der Waals surface area contributed by atoms with Crippen LogP contribution in [0.15, 0.2) is 54.7 Å². The topological polar surface area (TPSA) is 80.6 Å². The average molecular weight is 487 g/mol. The molecule has 1 aliphatic heterocycles. The summed E-state index contributed by atoms with van der Waals surface area (Å²) in [6.07, 6.45) is 0.799. The Labute approximate surface area is 199 Å². The molecule has 2 heterocycles. The molecule has 0 aliphatic carbocycles. The highest BCUT2D eigenvalue weighted by atomic mass is 19.4. The number of halogens is 3. The molecule has 35 heavy (non-hydrogen) atoms. The van der Waals surface area contributed by atoms with Crippen LogP contribution < -0.4 is 10.1 Å². The molecule has 2 aromatic carbocycles. The molecule has 0 unspecified atom stereocenters. The molecular weight excluding hydrogens is 463 g/mol. The third-order valence-corrected chi connectivity index (χ3v) is 5.85. The normalized spacial score (nSPS) is 14.4. The van der Waals surface area contributed by atoms with Crippen LogP contribution in [-0.4, -0.2) is 46.5 Å². The number of hydrogen-bond acceptors (Lipinski definition) is 4. The summed E-state index contributed by atoms with van der Waals surface area (Å²) in [5, 5.41) is 2.93. The lowest BCUT2D eigenvalue weighted by molar-refractivity contribution is -0.274. The van der Waals surface area contributed by atoms with Crippen LogP contribution >= 0.6 is 0 Å². The summed E-state index contributed by atoms with van der Waals surface area (Å²) in [6, 6.07) is 11.5. The zero-order chi connectivity index (χ0) is 25.0. The van der Waals surface area contributed by atoms with Crippen molar-refractivity contribution in [3.63, 3.8) is 0 Å². The molecule has 1 aliphatic rings. The molecule has 1 aromatic heterocycles. The van der Waals surface area contributed by atoms with Crippen molar-refractivity contribution in [1.82, 2.24) is 9.47 Å². The number of para-hydroxylation sites is 1. The van der Waals surface area contributed by atoms with Crippen molar-refractivity contribution < 1.29 is 32.3 Å². The summed E-state index contributed by atoms with van der Waals surface area (Å²) in [6.45, 7) is 1.47. The summed E-state index contributed by atoms with van der Waals surface area (Å²) in [4.78, 5) is 40.3. The summed E-state index contributed by atoms with van der Waals surface area (Å²) < 4.78 is 42.4. The highest BCUT2D eigenvalue weighted by Crippen LogP contribution is 2.25. The van der Waals surface area contributed by atoms with Crippen LogP contribution in [0.5, 0.6) is 5.75 Å². The lowest BCUT2D eigenvalue weighted by Gasteiger charge is -2.20. The number of likely N-dealkylation sites (tertiary alicyclic amines) is 1. The predicted octanol–water partition coefficient (Wildman–Crippen LogP) is 4.76. The van der Waals surface area contributed by atoms with Crippen molar-refractivity contribution in [1.29, 1.82) is 0 Å². The van der Waals surface area contributed by atoms with Gasteiger partial charge < -0.3 is 19.5 Å². The number of nitrogens with zero attached hydrogens (tertiary/aromatic N) is 2. The fourth-order valence-electron chi connectivity index (χ4n) is 4.17. The van der Waals surface area contributed by atoms with E-state index >= 15 is 0 Å². The van der Waals surface area contributed by atoms with E-state index in [2.05, 4.69) is 10.1 Å². The lowest BCUT2D eigenvalue weighted by atomic mass is 10.1. The number of hydrogen-bond donors (Lipinski definition) is 1. The van der Waals surface area contributed by atoms with Crippen molar-refractivity contribution in [2.45, 2.75) is 38.6 Å². The van der Waals surface area contributed by atoms with Gasteiger partial charge in [-0.2, -0.15) is 0 Å². The van der Waals surface area contributed by atoms with Crippen LogP contribution in [0.1, 0.15) is 36.0 Å². The Balaban J connectivity index is 1.50. The molecule has 3 aromatic rings. The number of Topliss-reactive ketones (excluding diaryl/α,β-unsaturated/α-hetero) is 1. The summed E-state index contributed by atoms with van der Waals surface area (Å²) >= 11 is 0. The van der Waals surface area contributed by atoms with Crippen LogP contribution in [0.3, 0.4) is 0 Å². The zero-order valence-corrected chi connectivity index (χ0v) is 18.8. The Hall–Kier alpha value is -3.82. The largest absolute Gasteiger partial charge is 0.573 e. The van der Waals surface area contributed by atoms with E-state index in [9.17, 15) is 27.6 Å². The van der Waals surface area contributed by atoms with Crippen LogP contribution in [-0.2, 0) is 16.1 Å². The Morgan fingerprint density at radius 1 is 0.914 bits per heavy atom. The minimum atomic E-state index is -4.83. The van der Waals surface area contributed by atoms with Gasteiger partial charge in [-0.05, 0) is 43.2 Å². The monoisotopic (exact) mass is 487 g/mol. The van der Waals surface area contributed by atoms with E-state index in [1.165, 1.54) is 18.3 Å². The number of anilines is 1. The molecule has 0 saturated carbocycles. The molecule has 0 radical (unpaired) electrons. The van der Waals surface area contributed by atoms with Gasteiger partial charge in [-0.3, -0.25) is 14.4 Å². The Morgan fingerprint density at radius 2 is 1.57 bits per heavy atom. The number of nitrogens with one attached hydrogen (secondary N) is 1. The Morgan fingerprint density at radius 3 is 2.23 bits per heavy atom. The SMILES string of the molecule is O=C(Nc1ccc(OC(F)(F)F)cc1)C(=O)c1cn(CC(=O)N2CCCCCC2)c2ccccc12. The van der Waals surface area contributed by atoms with E-state index in [1.54, 1.807) is 28.8 Å². The van der Waals surface area contributed by atoms with Crippen molar-refractivity contribution >= 4 is 34.2 Å². The van der Waals surface area contributed by atoms with Gasteiger partial charge in [-0.25, -0.2) is 0 Å². The first-order valence-corrected chi connectivity index (χ1v) is 11.3. The number of amides is 2. The van der Waals surface area contributed by atoms with Crippen LogP contribution in [0.4, 0.5) is 18.9 Å². The number of ketones is 1. The summed E-state index contributed by atoms with van der Waals surface area (Å²) in [5.41, 5.74) is 0.928. The van der Waals surface area contributed by atoms with E-state index in [-0.39, 0.29) is 23.7 Å². The molecule has 0 bridgehead atoms. The molecule has 1 saturated heterocycles. The van der Waals surface area contributed by atoms with Gasteiger partial charge in [0.05, 0.1) is 5.56 Å². The zero-order valence-electron chi connectivity index (χ0n) is 18.8. The second-order valence-electron chi connectivity index (χ2n) is 8.34. The fraction of sp³-hybridized carbons (Fsp3) is 0.320. The molecule has 184 valence electrons. The molecule has 2 amide bonds.